The lowest BCUT2D eigenvalue weighted by Crippen LogP contribution is -2.16. The first kappa shape index (κ1) is 13.8. The largest absolute Gasteiger partial charge is 0.289 e. The third-order valence-corrected chi connectivity index (χ3v) is 4.18. The van der Waals surface area contributed by atoms with Gasteiger partial charge in [-0.3, -0.25) is 14.8 Å². The van der Waals surface area contributed by atoms with Gasteiger partial charge in [0, 0.05) is 47.4 Å². The van der Waals surface area contributed by atoms with Crippen LogP contribution in [-0.2, 0) is 4.79 Å². The second kappa shape index (κ2) is 6.50. The molecule has 104 valence electrons. The zero-order chi connectivity index (χ0) is 14.5. The van der Waals surface area contributed by atoms with E-state index >= 15 is 0 Å². The zero-order valence-electron chi connectivity index (χ0n) is 11.4. The van der Waals surface area contributed by atoms with Crippen LogP contribution in [-0.4, -0.2) is 27.3 Å². The average molecular weight is 294 g/mol. The number of hydrogen-bond acceptors (Lipinski definition) is 4. The number of carbonyl (C=O) groups excluding carboxylic acids is 1. The number of ketones is 1. The monoisotopic (exact) mass is 294 g/mol. The summed E-state index contributed by atoms with van der Waals surface area (Å²) in [6.07, 6.45) is 10.9. The number of thioether (sulfide) groups is 1. The van der Waals surface area contributed by atoms with E-state index in [1.165, 1.54) is 0 Å². The number of rotatable bonds is 2. The molecule has 1 aliphatic rings. The fourth-order valence-electron chi connectivity index (χ4n) is 2.15. The smallest absolute Gasteiger partial charge is 0.186 e. The van der Waals surface area contributed by atoms with Crippen molar-refractivity contribution in [2.45, 2.75) is 0 Å². The second-order valence-corrected chi connectivity index (χ2v) is 5.72. The van der Waals surface area contributed by atoms with Gasteiger partial charge in [0.05, 0.1) is 0 Å². The Labute approximate surface area is 127 Å². The van der Waals surface area contributed by atoms with Crippen LogP contribution in [0.5, 0.6) is 0 Å². The van der Waals surface area contributed by atoms with Crippen LogP contribution >= 0.6 is 11.8 Å². The molecule has 0 amide bonds. The molecule has 1 saturated heterocycles. The van der Waals surface area contributed by atoms with Gasteiger partial charge in [0.25, 0.3) is 0 Å². The summed E-state index contributed by atoms with van der Waals surface area (Å²) < 4.78 is 0. The van der Waals surface area contributed by atoms with Crippen molar-refractivity contribution in [3.8, 4) is 0 Å². The van der Waals surface area contributed by atoms with E-state index in [1.54, 1.807) is 36.5 Å². The molecule has 0 bridgehead atoms. The number of nitrogens with zero attached hydrogens (tertiary/aromatic N) is 2. The van der Waals surface area contributed by atoms with Crippen LogP contribution in [0.1, 0.15) is 11.1 Å². The van der Waals surface area contributed by atoms with Crippen LogP contribution < -0.4 is 0 Å². The van der Waals surface area contributed by atoms with Gasteiger partial charge >= 0.3 is 0 Å². The SMILES string of the molecule is O=C1/C(=C\c2cccnc2)CSC/C1=C/c1cccnc1. The Hall–Kier alpha value is -2.20. The number of pyridine rings is 2. The van der Waals surface area contributed by atoms with E-state index in [4.69, 9.17) is 0 Å². The fourth-order valence-corrected chi connectivity index (χ4v) is 3.12. The third kappa shape index (κ3) is 3.47. The molecular weight excluding hydrogens is 280 g/mol. The van der Waals surface area contributed by atoms with Gasteiger partial charge in [0.1, 0.15) is 0 Å². The van der Waals surface area contributed by atoms with E-state index in [9.17, 15) is 4.79 Å². The van der Waals surface area contributed by atoms with Crippen molar-refractivity contribution in [3.05, 3.63) is 71.3 Å². The summed E-state index contributed by atoms with van der Waals surface area (Å²) in [6, 6.07) is 7.66. The minimum Gasteiger partial charge on any atom is -0.289 e. The number of aromatic nitrogens is 2. The molecule has 1 aliphatic heterocycles. The molecule has 4 heteroatoms. The van der Waals surface area contributed by atoms with Crippen molar-refractivity contribution in [1.29, 1.82) is 0 Å². The van der Waals surface area contributed by atoms with Crippen LogP contribution in [0.2, 0.25) is 0 Å². The highest BCUT2D eigenvalue weighted by molar-refractivity contribution is 7.99. The average Bonchev–Trinajstić information content (AvgIpc) is 2.53. The van der Waals surface area contributed by atoms with E-state index in [1.807, 2.05) is 36.4 Å². The van der Waals surface area contributed by atoms with Crippen molar-refractivity contribution < 1.29 is 4.79 Å². The van der Waals surface area contributed by atoms with E-state index in [2.05, 4.69) is 9.97 Å². The van der Waals surface area contributed by atoms with Crippen molar-refractivity contribution >= 4 is 29.7 Å². The molecule has 0 spiro atoms. The summed E-state index contributed by atoms with van der Waals surface area (Å²) in [6.45, 7) is 0. The number of hydrogen-bond donors (Lipinski definition) is 0. The van der Waals surface area contributed by atoms with E-state index < -0.39 is 0 Å². The Balaban J connectivity index is 1.88. The van der Waals surface area contributed by atoms with Crippen molar-refractivity contribution in [2.75, 3.05) is 11.5 Å². The lowest BCUT2D eigenvalue weighted by atomic mass is 10.0. The van der Waals surface area contributed by atoms with Gasteiger partial charge in [-0.2, -0.15) is 11.8 Å². The van der Waals surface area contributed by atoms with Crippen LogP contribution in [0.15, 0.2) is 60.2 Å². The Kier molecular flexibility index (Phi) is 4.26. The summed E-state index contributed by atoms with van der Waals surface area (Å²) in [5.41, 5.74) is 3.58. The Morgan fingerprint density at radius 2 is 1.43 bits per heavy atom. The van der Waals surface area contributed by atoms with Gasteiger partial charge in [0.2, 0.25) is 0 Å². The van der Waals surface area contributed by atoms with Crippen LogP contribution in [0.3, 0.4) is 0 Å². The Morgan fingerprint density at radius 3 is 1.86 bits per heavy atom. The standard InChI is InChI=1S/C17H14N2OS/c20-17-15(7-13-3-1-5-18-9-13)11-21-12-16(17)8-14-4-2-6-19-10-14/h1-10H,11-12H2/b15-7-,16-8-. The maximum Gasteiger partial charge on any atom is 0.186 e. The van der Waals surface area contributed by atoms with Crippen molar-refractivity contribution in [2.24, 2.45) is 0 Å². The molecule has 0 saturated carbocycles. The predicted octanol–water partition coefficient (Wildman–Crippen LogP) is 3.26. The Bertz CT molecular complexity index is 634. The number of carbonyl (C=O) groups is 1. The van der Waals surface area contributed by atoms with E-state index in [0.717, 1.165) is 33.8 Å². The molecule has 21 heavy (non-hydrogen) atoms. The predicted molar refractivity (Wildman–Crippen MR) is 86.8 cm³/mol. The lowest BCUT2D eigenvalue weighted by Gasteiger charge is -2.16. The normalized spacial score (nSPS) is 19.1. The minimum atomic E-state index is 0.126. The first-order valence-electron chi connectivity index (χ1n) is 6.66. The summed E-state index contributed by atoms with van der Waals surface area (Å²) >= 11 is 1.76. The first-order valence-corrected chi connectivity index (χ1v) is 7.82. The lowest BCUT2D eigenvalue weighted by molar-refractivity contribution is -0.112. The van der Waals surface area contributed by atoms with Gasteiger partial charge in [0.15, 0.2) is 5.78 Å². The molecule has 3 rings (SSSR count). The summed E-state index contributed by atoms with van der Waals surface area (Å²) in [7, 11) is 0. The van der Waals surface area contributed by atoms with Gasteiger partial charge in [-0.15, -0.1) is 0 Å². The fraction of sp³-hybridized carbons (Fsp3) is 0.118. The highest BCUT2D eigenvalue weighted by atomic mass is 32.2. The molecule has 0 aliphatic carbocycles. The van der Waals surface area contributed by atoms with Crippen molar-refractivity contribution in [1.82, 2.24) is 9.97 Å². The minimum absolute atomic E-state index is 0.126. The Morgan fingerprint density at radius 1 is 0.905 bits per heavy atom. The van der Waals surface area contributed by atoms with E-state index in [-0.39, 0.29) is 5.78 Å². The van der Waals surface area contributed by atoms with Gasteiger partial charge in [-0.05, 0) is 35.4 Å². The summed E-state index contributed by atoms with van der Waals surface area (Å²) in [4.78, 5) is 20.7. The zero-order valence-corrected chi connectivity index (χ0v) is 12.2. The molecule has 0 N–H and O–H groups in total. The third-order valence-electron chi connectivity index (χ3n) is 3.15. The van der Waals surface area contributed by atoms with Crippen LogP contribution in [0.25, 0.3) is 12.2 Å². The molecule has 2 aromatic rings. The molecule has 3 nitrogen and oxygen atoms in total. The highest BCUT2D eigenvalue weighted by Gasteiger charge is 2.20. The maximum absolute atomic E-state index is 12.5. The quantitative estimate of drug-likeness (QED) is 0.797. The van der Waals surface area contributed by atoms with Crippen LogP contribution in [0.4, 0.5) is 0 Å². The van der Waals surface area contributed by atoms with Gasteiger partial charge < -0.3 is 0 Å². The molecule has 3 heterocycles. The topological polar surface area (TPSA) is 42.9 Å². The molecule has 0 aromatic carbocycles. The van der Waals surface area contributed by atoms with E-state index in [0.29, 0.717) is 0 Å². The molecule has 0 radical (unpaired) electrons. The molecule has 0 atom stereocenters. The maximum atomic E-state index is 12.5. The molecule has 1 fully saturated rings. The van der Waals surface area contributed by atoms with Gasteiger partial charge in [-0.25, -0.2) is 0 Å². The molecule has 0 unspecified atom stereocenters. The summed E-state index contributed by atoms with van der Waals surface area (Å²) in [5, 5.41) is 0. The molecular formula is C17H14N2OS. The van der Waals surface area contributed by atoms with Crippen molar-refractivity contribution in [3.63, 3.8) is 0 Å². The summed E-state index contributed by atoms with van der Waals surface area (Å²) in [5.74, 6) is 1.62. The highest BCUT2D eigenvalue weighted by Crippen LogP contribution is 2.26. The van der Waals surface area contributed by atoms with Crippen LogP contribution in [0, 0.1) is 0 Å². The molecule has 2 aromatic heterocycles. The number of Topliss-reactive ketones (excluding diaryl/α,β-unsaturated/α-hetero) is 1. The van der Waals surface area contributed by atoms with Gasteiger partial charge in [-0.1, -0.05) is 12.1 Å². The second-order valence-electron chi connectivity index (χ2n) is 4.73. The first-order chi connectivity index (χ1) is 10.3.